The van der Waals surface area contributed by atoms with Gasteiger partial charge in [-0.05, 0) is 47.9 Å². The zero-order valence-electron chi connectivity index (χ0n) is 18.6. The molecule has 4 aromatic rings. The SMILES string of the molecule is C=CCc1ccccc1OCc1ccc(C(=O)Nc2cnn(Cc3cccc(C(F)(F)F)c3)c2)o1. The quantitative estimate of drug-likeness (QED) is 0.293. The van der Waals surface area contributed by atoms with Crippen molar-refractivity contribution in [1.29, 1.82) is 0 Å². The van der Waals surface area contributed by atoms with Crippen LogP contribution in [0.3, 0.4) is 0 Å². The number of carbonyl (C=O) groups is 1. The van der Waals surface area contributed by atoms with E-state index < -0.39 is 17.6 Å². The van der Waals surface area contributed by atoms with E-state index in [1.807, 2.05) is 24.3 Å². The molecule has 1 N–H and O–H groups in total. The normalized spacial score (nSPS) is 11.3. The predicted molar refractivity (Wildman–Crippen MR) is 124 cm³/mol. The van der Waals surface area contributed by atoms with E-state index in [0.29, 0.717) is 29.2 Å². The Bertz CT molecular complexity index is 1320. The molecule has 0 aliphatic carbocycles. The van der Waals surface area contributed by atoms with Crippen LogP contribution in [0.15, 0.2) is 90.1 Å². The van der Waals surface area contributed by atoms with Crippen LogP contribution >= 0.6 is 0 Å². The van der Waals surface area contributed by atoms with Crippen molar-refractivity contribution in [2.75, 3.05) is 5.32 Å². The van der Waals surface area contributed by atoms with Gasteiger partial charge in [-0.25, -0.2) is 0 Å². The highest BCUT2D eigenvalue weighted by Crippen LogP contribution is 2.29. The Kier molecular flexibility index (Phi) is 7.05. The molecule has 0 bridgehead atoms. The average Bonchev–Trinajstić information content (AvgIpc) is 3.48. The van der Waals surface area contributed by atoms with Gasteiger partial charge < -0.3 is 14.5 Å². The minimum Gasteiger partial charge on any atom is -0.485 e. The summed E-state index contributed by atoms with van der Waals surface area (Å²) >= 11 is 0. The van der Waals surface area contributed by atoms with Crippen molar-refractivity contribution in [2.45, 2.75) is 25.7 Å². The van der Waals surface area contributed by atoms with Crippen molar-refractivity contribution in [3.05, 3.63) is 114 Å². The smallest absolute Gasteiger partial charge is 0.416 e. The summed E-state index contributed by atoms with van der Waals surface area (Å²) in [6.07, 6.45) is 0.987. The van der Waals surface area contributed by atoms with Gasteiger partial charge in [0.25, 0.3) is 5.91 Å². The highest BCUT2D eigenvalue weighted by molar-refractivity contribution is 6.02. The topological polar surface area (TPSA) is 69.3 Å². The molecule has 0 saturated carbocycles. The lowest BCUT2D eigenvalue weighted by molar-refractivity contribution is -0.137. The first-order valence-corrected chi connectivity index (χ1v) is 10.7. The zero-order valence-corrected chi connectivity index (χ0v) is 18.6. The number of amides is 1. The summed E-state index contributed by atoms with van der Waals surface area (Å²) in [6.45, 7) is 4.01. The molecule has 2 aromatic heterocycles. The first-order chi connectivity index (χ1) is 16.8. The van der Waals surface area contributed by atoms with E-state index in [1.54, 1.807) is 18.2 Å². The molecule has 35 heavy (non-hydrogen) atoms. The largest absolute Gasteiger partial charge is 0.485 e. The molecular weight excluding hydrogens is 459 g/mol. The standard InChI is InChI=1S/C26H22F3N3O3/c1-2-6-19-8-3-4-10-23(19)34-17-22-11-12-24(35-22)25(33)31-21-14-30-32(16-21)15-18-7-5-9-20(13-18)26(27,28)29/h2-5,7-14,16H,1,6,15,17H2,(H,31,33). The molecule has 0 spiro atoms. The van der Waals surface area contributed by atoms with Gasteiger partial charge in [0.05, 0.1) is 24.0 Å². The lowest BCUT2D eigenvalue weighted by atomic mass is 10.1. The van der Waals surface area contributed by atoms with E-state index in [0.717, 1.165) is 17.7 Å². The molecule has 0 unspecified atom stereocenters. The number of alkyl halides is 3. The van der Waals surface area contributed by atoms with E-state index >= 15 is 0 Å². The number of hydrogen-bond acceptors (Lipinski definition) is 4. The Labute approximate surface area is 199 Å². The van der Waals surface area contributed by atoms with E-state index in [9.17, 15) is 18.0 Å². The molecule has 0 atom stereocenters. The summed E-state index contributed by atoms with van der Waals surface area (Å²) in [5.74, 6) is 0.794. The molecule has 0 aliphatic heterocycles. The third-order valence-electron chi connectivity index (χ3n) is 5.08. The number of para-hydroxylation sites is 1. The van der Waals surface area contributed by atoms with Crippen LogP contribution in [0.25, 0.3) is 0 Å². The van der Waals surface area contributed by atoms with Crippen LogP contribution in [0.4, 0.5) is 18.9 Å². The van der Waals surface area contributed by atoms with Gasteiger partial charge in [-0.1, -0.05) is 36.4 Å². The van der Waals surface area contributed by atoms with Gasteiger partial charge >= 0.3 is 6.18 Å². The van der Waals surface area contributed by atoms with Crippen molar-refractivity contribution in [3.8, 4) is 5.75 Å². The van der Waals surface area contributed by atoms with Crippen molar-refractivity contribution in [1.82, 2.24) is 9.78 Å². The number of ether oxygens (including phenoxy) is 1. The van der Waals surface area contributed by atoms with E-state index in [1.165, 1.54) is 29.2 Å². The van der Waals surface area contributed by atoms with Crippen molar-refractivity contribution in [3.63, 3.8) is 0 Å². The highest BCUT2D eigenvalue weighted by Gasteiger charge is 2.30. The van der Waals surface area contributed by atoms with Crippen LogP contribution in [-0.2, 0) is 25.7 Å². The molecule has 2 aromatic carbocycles. The maximum atomic E-state index is 12.9. The number of halogens is 3. The Morgan fingerprint density at radius 2 is 1.97 bits per heavy atom. The minimum absolute atomic E-state index is 0.0913. The summed E-state index contributed by atoms with van der Waals surface area (Å²) < 4.78 is 51.6. The average molecular weight is 481 g/mol. The third-order valence-corrected chi connectivity index (χ3v) is 5.08. The Morgan fingerprint density at radius 3 is 2.77 bits per heavy atom. The van der Waals surface area contributed by atoms with Crippen molar-refractivity contribution < 1.29 is 27.1 Å². The van der Waals surface area contributed by atoms with Gasteiger partial charge in [-0.2, -0.15) is 18.3 Å². The van der Waals surface area contributed by atoms with E-state index in [-0.39, 0.29) is 18.9 Å². The fourth-order valence-corrected chi connectivity index (χ4v) is 3.44. The number of benzene rings is 2. The second-order valence-electron chi connectivity index (χ2n) is 7.73. The molecular formula is C26H22F3N3O3. The first-order valence-electron chi connectivity index (χ1n) is 10.7. The summed E-state index contributed by atoms with van der Waals surface area (Å²) in [6, 6.07) is 15.8. The number of anilines is 1. The Balaban J connectivity index is 1.35. The van der Waals surface area contributed by atoms with Gasteiger partial charge in [0.2, 0.25) is 0 Å². The molecule has 0 fully saturated rings. The molecule has 1 amide bonds. The predicted octanol–water partition coefficient (Wildman–Crippen LogP) is 6.10. The van der Waals surface area contributed by atoms with Crippen molar-refractivity contribution in [2.24, 2.45) is 0 Å². The molecule has 2 heterocycles. The van der Waals surface area contributed by atoms with E-state index in [2.05, 4.69) is 17.0 Å². The Hall–Kier alpha value is -4.27. The Morgan fingerprint density at radius 1 is 1.14 bits per heavy atom. The summed E-state index contributed by atoms with van der Waals surface area (Å²) in [7, 11) is 0. The maximum Gasteiger partial charge on any atom is 0.416 e. The lowest BCUT2D eigenvalue weighted by Gasteiger charge is -2.09. The van der Waals surface area contributed by atoms with Crippen LogP contribution in [0.2, 0.25) is 0 Å². The molecule has 6 nitrogen and oxygen atoms in total. The zero-order chi connectivity index (χ0) is 24.8. The van der Waals surface area contributed by atoms with Gasteiger partial charge in [-0.15, -0.1) is 6.58 Å². The summed E-state index contributed by atoms with van der Waals surface area (Å²) in [5, 5.41) is 6.77. The summed E-state index contributed by atoms with van der Waals surface area (Å²) in [4.78, 5) is 12.5. The minimum atomic E-state index is -4.42. The molecule has 4 rings (SSSR count). The van der Waals surface area contributed by atoms with Gasteiger partial charge in [0.1, 0.15) is 18.1 Å². The number of nitrogens with zero attached hydrogens (tertiary/aromatic N) is 2. The number of furan rings is 1. The number of allylic oxidation sites excluding steroid dienone is 1. The van der Waals surface area contributed by atoms with Crippen LogP contribution in [0, 0.1) is 0 Å². The number of hydrogen-bond donors (Lipinski definition) is 1. The second kappa shape index (κ2) is 10.3. The number of aromatic nitrogens is 2. The number of nitrogens with one attached hydrogen (secondary N) is 1. The van der Waals surface area contributed by atoms with Crippen LogP contribution in [0.5, 0.6) is 5.75 Å². The molecule has 9 heteroatoms. The summed E-state index contributed by atoms with van der Waals surface area (Å²) in [5.41, 5.74) is 1.09. The molecule has 0 radical (unpaired) electrons. The van der Waals surface area contributed by atoms with E-state index in [4.69, 9.17) is 9.15 Å². The van der Waals surface area contributed by atoms with Crippen LogP contribution in [0.1, 0.15) is 33.0 Å². The fourth-order valence-electron chi connectivity index (χ4n) is 3.44. The number of rotatable bonds is 9. The maximum absolute atomic E-state index is 12.9. The molecule has 180 valence electrons. The van der Waals surface area contributed by atoms with Crippen LogP contribution in [-0.4, -0.2) is 15.7 Å². The third kappa shape index (κ3) is 6.20. The van der Waals surface area contributed by atoms with Gasteiger partial charge in [0.15, 0.2) is 5.76 Å². The van der Waals surface area contributed by atoms with Gasteiger partial charge in [-0.3, -0.25) is 9.48 Å². The molecule has 0 aliphatic rings. The highest BCUT2D eigenvalue weighted by atomic mass is 19.4. The van der Waals surface area contributed by atoms with Gasteiger partial charge in [0, 0.05) is 6.20 Å². The van der Waals surface area contributed by atoms with Crippen LogP contribution < -0.4 is 10.1 Å². The fraction of sp³-hybridized carbons (Fsp3) is 0.154. The molecule has 0 saturated heterocycles. The first kappa shape index (κ1) is 23.9. The second-order valence-corrected chi connectivity index (χ2v) is 7.73. The lowest BCUT2D eigenvalue weighted by Crippen LogP contribution is -2.10. The van der Waals surface area contributed by atoms with Crippen molar-refractivity contribution >= 4 is 11.6 Å². The number of carbonyl (C=O) groups excluding carboxylic acids is 1. The monoisotopic (exact) mass is 481 g/mol.